The topological polar surface area (TPSA) is 62.6 Å². The van der Waals surface area contributed by atoms with Crippen LogP contribution in [-0.2, 0) is 0 Å². The fourth-order valence-corrected chi connectivity index (χ4v) is 2.09. The van der Waals surface area contributed by atoms with E-state index in [1.54, 1.807) is 17.1 Å². The van der Waals surface area contributed by atoms with E-state index >= 15 is 0 Å². The number of nitrogens with zero attached hydrogens (tertiary/aromatic N) is 5. The zero-order valence-electron chi connectivity index (χ0n) is 12.4. The van der Waals surface area contributed by atoms with Crippen molar-refractivity contribution in [3.63, 3.8) is 0 Å². The molecule has 6 nitrogen and oxygen atoms in total. The molecule has 0 aliphatic carbocycles. The molecule has 1 atom stereocenters. The van der Waals surface area contributed by atoms with E-state index in [9.17, 15) is 0 Å². The van der Waals surface area contributed by atoms with Gasteiger partial charge in [-0.05, 0) is 26.6 Å². The van der Waals surface area contributed by atoms with Crippen molar-refractivity contribution in [2.45, 2.75) is 13.0 Å². The van der Waals surface area contributed by atoms with Gasteiger partial charge in [-0.15, -0.1) is 5.10 Å². The van der Waals surface area contributed by atoms with Crippen LogP contribution in [0.3, 0.4) is 0 Å². The summed E-state index contributed by atoms with van der Waals surface area (Å²) in [5.41, 5.74) is 2.29. The van der Waals surface area contributed by atoms with Gasteiger partial charge in [0.15, 0.2) is 5.82 Å². The lowest BCUT2D eigenvalue weighted by atomic mass is 10.1. The normalized spacial score (nSPS) is 12.8. The highest BCUT2D eigenvalue weighted by molar-refractivity contribution is 5.55. The Morgan fingerprint density at radius 3 is 2.57 bits per heavy atom. The van der Waals surface area contributed by atoms with E-state index < -0.39 is 0 Å². The molecule has 0 amide bonds. The van der Waals surface area contributed by atoms with Gasteiger partial charge in [0.1, 0.15) is 6.33 Å². The standard InChI is InChI=1S/C15H18N6/c1-11(20(2)3)12-4-6-13(7-5-12)14-17-15(19-18-14)21-9-8-16-10-21/h4-11H,1-3H3,(H,17,18,19). The minimum absolute atomic E-state index is 0.385. The summed E-state index contributed by atoms with van der Waals surface area (Å²) in [5, 5.41) is 7.16. The Labute approximate surface area is 123 Å². The van der Waals surface area contributed by atoms with Gasteiger partial charge >= 0.3 is 0 Å². The SMILES string of the molecule is CC(c1ccc(-c2nc(-n3ccnc3)n[nH]2)cc1)N(C)C. The average Bonchev–Trinajstić information content (AvgIpc) is 3.17. The molecular weight excluding hydrogens is 264 g/mol. The third kappa shape index (κ3) is 2.71. The molecule has 2 aromatic heterocycles. The smallest absolute Gasteiger partial charge is 0.254 e. The van der Waals surface area contributed by atoms with Crippen molar-refractivity contribution in [1.29, 1.82) is 0 Å². The molecule has 3 rings (SSSR count). The minimum atomic E-state index is 0.385. The zero-order chi connectivity index (χ0) is 14.8. The Kier molecular flexibility index (Phi) is 3.53. The highest BCUT2D eigenvalue weighted by Gasteiger charge is 2.10. The van der Waals surface area contributed by atoms with Gasteiger partial charge in [-0.25, -0.2) is 4.98 Å². The molecule has 0 saturated heterocycles. The number of benzene rings is 1. The fourth-order valence-electron chi connectivity index (χ4n) is 2.09. The van der Waals surface area contributed by atoms with Gasteiger partial charge in [0, 0.05) is 24.0 Å². The quantitative estimate of drug-likeness (QED) is 0.797. The summed E-state index contributed by atoms with van der Waals surface area (Å²) in [5.74, 6) is 1.34. The maximum Gasteiger partial charge on any atom is 0.254 e. The first-order chi connectivity index (χ1) is 10.1. The van der Waals surface area contributed by atoms with E-state index in [1.165, 1.54) is 5.56 Å². The van der Waals surface area contributed by atoms with E-state index in [0.29, 0.717) is 12.0 Å². The molecule has 108 valence electrons. The summed E-state index contributed by atoms with van der Waals surface area (Å²) in [7, 11) is 4.15. The van der Waals surface area contributed by atoms with Gasteiger partial charge in [0.25, 0.3) is 5.95 Å². The molecule has 3 aromatic rings. The third-order valence-electron chi connectivity index (χ3n) is 3.65. The number of aromatic nitrogens is 5. The summed E-state index contributed by atoms with van der Waals surface area (Å²) in [6, 6.07) is 8.76. The molecule has 1 unspecified atom stereocenters. The third-order valence-corrected chi connectivity index (χ3v) is 3.65. The van der Waals surface area contributed by atoms with Crippen LogP contribution in [-0.4, -0.2) is 43.7 Å². The average molecular weight is 282 g/mol. The molecule has 0 radical (unpaired) electrons. The van der Waals surface area contributed by atoms with E-state index in [1.807, 2.05) is 6.20 Å². The number of hydrogen-bond donors (Lipinski definition) is 1. The van der Waals surface area contributed by atoms with E-state index in [-0.39, 0.29) is 0 Å². The van der Waals surface area contributed by atoms with Crippen LogP contribution < -0.4 is 0 Å². The molecule has 6 heteroatoms. The monoisotopic (exact) mass is 282 g/mol. The Morgan fingerprint density at radius 2 is 1.95 bits per heavy atom. The Balaban J connectivity index is 1.84. The summed E-state index contributed by atoms with van der Waals surface area (Å²) < 4.78 is 1.77. The van der Waals surface area contributed by atoms with Crippen LogP contribution in [0.2, 0.25) is 0 Å². The van der Waals surface area contributed by atoms with Crippen LogP contribution in [0.5, 0.6) is 0 Å². The summed E-state index contributed by atoms with van der Waals surface area (Å²) >= 11 is 0. The Bertz CT molecular complexity index is 696. The lowest BCUT2D eigenvalue weighted by Gasteiger charge is -2.20. The second-order valence-electron chi connectivity index (χ2n) is 5.22. The van der Waals surface area contributed by atoms with Crippen LogP contribution in [0.1, 0.15) is 18.5 Å². The second kappa shape index (κ2) is 5.49. The van der Waals surface area contributed by atoms with Crippen LogP contribution in [0.15, 0.2) is 43.0 Å². The first-order valence-corrected chi connectivity index (χ1v) is 6.82. The molecule has 0 spiro atoms. The lowest BCUT2D eigenvalue weighted by molar-refractivity contribution is 0.321. The number of aromatic amines is 1. The number of hydrogen-bond acceptors (Lipinski definition) is 4. The van der Waals surface area contributed by atoms with E-state index in [4.69, 9.17) is 0 Å². The fraction of sp³-hybridized carbons (Fsp3) is 0.267. The Morgan fingerprint density at radius 1 is 1.19 bits per heavy atom. The van der Waals surface area contributed by atoms with Crippen molar-refractivity contribution in [1.82, 2.24) is 29.6 Å². The van der Waals surface area contributed by atoms with Crippen LogP contribution in [0, 0.1) is 0 Å². The zero-order valence-corrected chi connectivity index (χ0v) is 12.4. The summed E-state index contributed by atoms with van der Waals surface area (Å²) in [6.45, 7) is 2.18. The summed E-state index contributed by atoms with van der Waals surface area (Å²) in [4.78, 5) is 10.7. The number of H-pyrrole nitrogens is 1. The van der Waals surface area contributed by atoms with Gasteiger partial charge in [-0.2, -0.15) is 4.98 Å². The molecule has 2 heterocycles. The molecule has 0 fully saturated rings. The van der Waals surface area contributed by atoms with Gasteiger partial charge < -0.3 is 4.90 Å². The highest BCUT2D eigenvalue weighted by atomic mass is 15.3. The molecule has 21 heavy (non-hydrogen) atoms. The van der Waals surface area contributed by atoms with E-state index in [0.717, 1.165) is 11.4 Å². The maximum atomic E-state index is 4.48. The number of nitrogens with one attached hydrogen (secondary N) is 1. The summed E-state index contributed by atoms with van der Waals surface area (Å²) in [6.07, 6.45) is 5.19. The first kappa shape index (κ1) is 13.5. The maximum absolute atomic E-state index is 4.48. The van der Waals surface area contributed by atoms with Gasteiger partial charge in [0.05, 0.1) is 0 Å². The minimum Gasteiger partial charge on any atom is -0.303 e. The molecule has 0 aliphatic heterocycles. The lowest BCUT2D eigenvalue weighted by Crippen LogP contribution is -2.16. The van der Waals surface area contributed by atoms with Crippen molar-refractivity contribution < 1.29 is 0 Å². The van der Waals surface area contributed by atoms with Gasteiger partial charge in [-0.1, -0.05) is 24.3 Å². The van der Waals surface area contributed by atoms with Gasteiger partial charge in [-0.3, -0.25) is 9.67 Å². The van der Waals surface area contributed by atoms with Crippen molar-refractivity contribution in [2.75, 3.05) is 14.1 Å². The molecule has 0 saturated carbocycles. The first-order valence-electron chi connectivity index (χ1n) is 6.82. The van der Waals surface area contributed by atoms with Gasteiger partial charge in [0.2, 0.25) is 0 Å². The van der Waals surface area contributed by atoms with Crippen LogP contribution in [0.25, 0.3) is 17.3 Å². The molecule has 0 bridgehead atoms. The molecule has 1 N–H and O–H groups in total. The molecule has 0 aliphatic rings. The Hall–Kier alpha value is -2.47. The van der Waals surface area contributed by atoms with Crippen LogP contribution in [0.4, 0.5) is 0 Å². The largest absolute Gasteiger partial charge is 0.303 e. The van der Waals surface area contributed by atoms with E-state index in [2.05, 4.69) is 70.3 Å². The highest BCUT2D eigenvalue weighted by Crippen LogP contribution is 2.21. The second-order valence-corrected chi connectivity index (χ2v) is 5.22. The number of imidazole rings is 1. The van der Waals surface area contributed by atoms with Crippen LogP contribution >= 0.6 is 0 Å². The predicted molar refractivity (Wildman–Crippen MR) is 81.0 cm³/mol. The van der Waals surface area contributed by atoms with Crippen molar-refractivity contribution in [2.24, 2.45) is 0 Å². The van der Waals surface area contributed by atoms with Crippen molar-refractivity contribution >= 4 is 0 Å². The molecule has 1 aromatic carbocycles. The number of rotatable bonds is 4. The van der Waals surface area contributed by atoms with Crippen molar-refractivity contribution in [3.8, 4) is 17.3 Å². The molecular formula is C15H18N6. The predicted octanol–water partition coefficient (Wildman–Crippen LogP) is 2.28. The van der Waals surface area contributed by atoms with Crippen molar-refractivity contribution in [3.05, 3.63) is 48.5 Å².